The Balaban J connectivity index is 3.08. The van der Waals surface area contributed by atoms with Gasteiger partial charge >= 0.3 is 0 Å². The quantitative estimate of drug-likeness (QED) is 0.545. The molecule has 1 aromatic carbocycles. The van der Waals surface area contributed by atoms with Crippen molar-refractivity contribution in [1.82, 2.24) is 0 Å². The summed E-state index contributed by atoms with van der Waals surface area (Å²) < 4.78 is 0. The lowest BCUT2D eigenvalue weighted by atomic mass is 12.4. The van der Waals surface area contributed by atoms with Crippen molar-refractivity contribution in [2.24, 2.45) is 0 Å². The molecule has 2 heteroatoms. The van der Waals surface area contributed by atoms with Crippen molar-refractivity contribution in [2.75, 3.05) is 0 Å². The monoisotopic (exact) mass is 158 g/mol. The maximum atomic E-state index is 5.56. The molecule has 1 aromatic rings. The molecule has 0 aromatic heterocycles. The van der Waals surface area contributed by atoms with Gasteiger partial charge in [0.05, 0.1) is 0 Å². The Morgan fingerprint density at radius 1 is 1.00 bits per heavy atom. The van der Waals surface area contributed by atoms with Gasteiger partial charge in [-0.1, -0.05) is 29.3 Å². The summed E-state index contributed by atoms with van der Waals surface area (Å²) in [6.07, 6.45) is 0. The third-order valence-corrected chi connectivity index (χ3v) is 1.26. The van der Waals surface area contributed by atoms with E-state index in [1.54, 1.807) is 18.2 Å². The molecule has 0 radical (unpaired) electrons. The van der Waals surface area contributed by atoms with Crippen LogP contribution >= 0.6 is 23.2 Å². The van der Waals surface area contributed by atoms with Crippen LogP contribution < -0.4 is 0 Å². The minimum atomic E-state index is 0.678. The molecule has 0 saturated heterocycles. The van der Waals surface area contributed by atoms with E-state index in [1.807, 2.05) is 6.07 Å². The summed E-state index contributed by atoms with van der Waals surface area (Å²) in [7, 11) is 0. The maximum Gasteiger partial charge on any atom is 0.0420 e. The average molecular weight is 159 g/mol. The lowest BCUT2D eigenvalue weighted by molar-refractivity contribution is 1.71. The first-order valence-corrected chi connectivity index (χ1v) is 2.96. The van der Waals surface area contributed by atoms with Crippen LogP contribution in [0.5, 0.6) is 0 Å². The Hall–Kier alpha value is -0.200. The van der Waals surface area contributed by atoms with Crippen LogP contribution in [0.2, 0.25) is 10.0 Å². The summed E-state index contributed by atoms with van der Waals surface area (Å²) in [5.74, 6) is 0. The molecular formula is C6H4Cl2. The second kappa shape index (κ2) is 2.38. The van der Waals surface area contributed by atoms with Gasteiger partial charge in [0.25, 0.3) is 0 Å². The Kier molecular flexibility index (Phi) is 1.77. The molecule has 42 valence electrons. The molecule has 0 aliphatic rings. The smallest absolute Gasteiger partial charge is 0.0420 e. The minimum absolute atomic E-state index is 0.678. The van der Waals surface area contributed by atoms with Crippen molar-refractivity contribution in [2.45, 2.75) is 0 Å². The van der Waals surface area contributed by atoms with Crippen molar-refractivity contribution in [1.29, 1.82) is 0 Å². The first-order chi connectivity index (χ1) is 3.79. The van der Waals surface area contributed by atoms with E-state index in [9.17, 15) is 0 Å². The van der Waals surface area contributed by atoms with Gasteiger partial charge in [0, 0.05) is 10.0 Å². The molecule has 0 heterocycles. The summed E-state index contributed by atoms with van der Waals surface area (Å²) in [5, 5.41) is 1.36. The molecule has 0 nitrogen and oxygen atoms in total. The fraction of sp³-hybridized carbons (Fsp3) is 0. The maximum absolute atomic E-state index is 5.56. The van der Waals surface area contributed by atoms with Crippen LogP contribution in [0.4, 0.5) is 0 Å². The zero-order valence-electron chi connectivity index (χ0n) is 4.07. The van der Waals surface area contributed by atoms with E-state index < -0.39 is 0 Å². The van der Waals surface area contributed by atoms with Gasteiger partial charge in [-0.05, 0) is 18.2 Å². The number of hydrogen-bond acceptors (Lipinski definition) is 0. The highest BCUT2D eigenvalue weighted by atomic mass is 35.5. The van der Waals surface area contributed by atoms with Gasteiger partial charge in [0.15, 0.2) is 0 Å². The van der Waals surface area contributed by atoms with Crippen LogP contribution in [-0.4, -0.2) is 0 Å². The van der Waals surface area contributed by atoms with Crippen LogP contribution in [0, 0.1) is 0 Å². The summed E-state index contributed by atoms with van der Waals surface area (Å²) in [4.78, 5) is 0. The van der Waals surface area contributed by atoms with E-state index in [0.29, 0.717) is 10.0 Å². The van der Waals surface area contributed by atoms with Gasteiger partial charge in [-0.2, -0.15) is 0 Å². The van der Waals surface area contributed by atoms with Crippen molar-refractivity contribution in [3.63, 3.8) is 0 Å². The summed E-state index contributed by atoms with van der Waals surface area (Å²) >= 11 is 11.1. The highest BCUT2D eigenvalue weighted by molar-refractivity contribution is 6.34. The zero-order valence-corrected chi connectivity index (χ0v) is 5.58. The van der Waals surface area contributed by atoms with E-state index in [-0.39, 0.29) is 0 Å². The van der Waals surface area contributed by atoms with E-state index in [4.69, 9.17) is 23.2 Å². The molecule has 0 fully saturated rings. The lowest BCUT2D eigenvalue weighted by Crippen LogP contribution is -1.61. The van der Waals surface area contributed by atoms with Crippen molar-refractivity contribution in [3.05, 3.63) is 34.3 Å². The molecule has 0 atom stereocenters. The van der Waals surface area contributed by atoms with Crippen molar-refractivity contribution in [3.8, 4) is 0 Å². The molecule has 0 spiro atoms. The Morgan fingerprint density at radius 2 is 1.50 bits per heavy atom. The third-order valence-electron chi connectivity index (χ3n) is 0.787. The molecule has 0 aliphatic heterocycles. The number of rotatable bonds is 0. The Bertz CT molecular complexity index is 166. The molecule has 0 unspecified atom stereocenters. The minimum Gasteiger partial charge on any atom is -0.0843 e. The first kappa shape index (κ1) is 5.93. The molecular weight excluding hydrogens is 155 g/mol. The molecule has 0 bridgehead atoms. The first-order valence-electron chi connectivity index (χ1n) is 2.20. The fourth-order valence-corrected chi connectivity index (χ4v) is 0.896. The van der Waals surface area contributed by atoms with Gasteiger partial charge in [0.1, 0.15) is 0 Å². The largest absolute Gasteiger partial charge is 0.0843 e. The van der Waals surface area contributed by atoms with Gasteiger partial charge in [0.2, 0.25) is 0 Å². The van der Waals surface area contributed by atoms with Gasteiger partial charge in [-0.25, -0.2) is 0 Å². The standard InChI is InChI=1S/C6H4Cl2/c7-5-2-1-3-6(8)4-5/h1-4H/i1+2,2+2,3+2,4+2,5+2,6+2. The number of hydrogen-bond donors (Lipinski definition) is 0. The van der Waals surface area contributed by atoms with Crippen LogP contribution in [0.25, 0.3) is 0 Å². The second-order valence-corrected chi connectivity index (χ2v) is 2.31. The number of halogens is 2. The predicted molar refractivity (Wildman–Crippen MR) is 36.5 cm³/mol. The highest BCUT2D eigenvalue weighted by Gasteiger charge is 1.84. The SMILES string of the molecule is Cl[14c]1[14cH][14cH][14cH][14c](Cl)[14cH]1. The van der Waals surface area contributed by atoms with Crippen LogP contribution in [0.15, 0.2) is 24.3 Å². The molecule has 0 amide bonds. The van der Waals surface area contributed by atoms with Gasteiger partial charge < -0.3 is 0 Å². The number of benzene rings is 1. The molecule has 0 N–H and O–H groups in total. The van der Waals surface area contributed by atoms with Gasteiger partial charge in [-0.3, -0.25) is 0 Å². The highest BCUT2D eigenvalue weighted by Crippen LogP contribution is 2.13. The van der Waals surface area contributed by atoms with E-state index in [0.717, 1.165) is 0 Å². The molecule has 8 heavy (non-hydrogen) atoms. The van der Waals surface area contributed by atoms with E-state index >= 15 is 0 Å². The second-order valence-electron chi connectivity index (χ2n) is 1.44. The Labute approximate surface area is 58.0 Å². The van der Waals surface area contributed by atoms with E-state index in [1.165, 1.54) is 0 Å². The summed E-state index contributed by atoms with van der Waals surface area (Å²) in [6, 6.07) is 7.08. The van der Waals surface area contributed by atoms with Crippen LogP contribution in [0.3, 0.4) is 0 Å². The van der Waals surface area contributed by atoms with Gasteiger partial charge in [-0.15, -0.1) is 0 Å². The molecule has 0 aliphatic carbocycles. The molecule has 1 rings (SSSR count). The Morgan fingerprint density at radius 3 is 1.75 bits per heavy atom. The van der Waals surface area contributed by atoms with Crippen LogP contribution in [0.1, 0.15) is 0 Å². The fourth-order valence-electron chi connectivity index (χ4n) is 0.460. The normalized spacial score (nSPS) is 9.25. The lowest BCUT2D eigenvalue weighted by Gasteiger charge is -1.86. The topological polar surface area (TPSA) is 0 Å². The zero-order chi connectivity index (χ0) is 5.98. The average Bonchev–Trinajstić information content (AvgIpc) is 1.64. The van der Waals surface area contributed by atoms with Crippen molar-refractivity contribution >= 4 is 23.2 Å². The van der Waals surface area contributed by atoms with Crippen LogP contribution in [-0.2, 0) is 0 Å². The van der Waals surface area contributed by atoms with Crippen molar-refractivity contribution < 1.29 is 0 Å². The van der Waals surface area contributed by atoms with E-state index in [2.05, 4.69) is 0 Å². The molecule has 0 saturated carbocycles. The summed E-state index contributed by atoms with van der Waals surface area (Å²) in [6.45, 7) is 0. The predicted octanol–water partition coefficient (Wildman–Crippen LogP) is 2.99. The third kappa shape index (κ3) is 1.39. The summed E-state index contributed by atoms with van der Waals surface area (Å²) in [5.41, 5.74) is 0.